The topological polar surface area (TPSA) is 39.4 Å². The molecule has 0 aliphatic rings. The molecule has 0 aliphatic carbocycles. The first-order valence-corrected chi connectivity index (χ1v) is 12.0. The van der Waals surface area contributed by atoms with Gasteiger partial charge in [-0.3, -0.25) is 0 Å². The van der Waals surface area contributed by atoms with Gasteiger partial charge in [0, 0.05) is 5.54 Å². The van der Waals surface area contributed by atoms with Gasteiger partial charge in [-0.25, -0.2) is 4.79 Å². The molecular formula is C21H30O3Si. The molecule has 0 bridgehead atoms. The molecule has 0 saturated heterocycles. The Bertz CT molecular complexity index is 678. The van der Waals surface area contributed by atoms with Gasteiger partial charge in [0.15, 0.2) is 0 Å². The van der Waals surface area contributed by atoms with Gasteiger partial charge in [0.2, 0.25) is 0 Å². The lowest BCUT2D eigenvalue weighted by Gasteiger charge is -2.36. The zero-order valence-corrected chi connectivity index (χ0v) is 17.1. The normalized spacial score (nSPS) is 12.8. The summed E-state index contributed by atoms with van der Waals surface area (Å²) in [7, 11) is -1.64. The standard InChI is InChI=1S/C21H30O3Si/c1-6-23-21(22)18-15-19(24-16(18)5)20(17-13-11-10-12-14-17)25(7-2,8-3)9-4/h10-15,20H,6-9H2,1-5H3. The number of aryl methyl sites for hydroxylation is 1. The molecular weight excluding hydrogens is 328 g/mol. The maximum absolute atomic E-state index is 12.2. The van der Waals surface area contributed by atoms with Crippen molar-refractivity contribution in [2.45, 2.75) is 58.3 Å². The van der Waals surface area contributed by atoms with E-state index in [0.29, 0.717) is 17.9 Å². The minimum absolute atomic E-state index is 0.260. The predicted octanol–water partition coefficient (Wildman–Crippen LogP) is 5.94. The zero-order chi connectivity index (χ0) is 18.4. The van der Waals surface area contributed by atoms with E-state index in [0.717, 1.165) is 5.76 Å². The maximum atomic E-state index is 12.2. The van der Waals surface area contributed by atoms with Crippen LogP contribution in [0.25, 0.3) is 0 Å². The molecule has 0 fully saturated rings. The Morgan fingerprint density at radius 2 is 1.68 bits per heavy atom. The summed E-state index contributed by atoms with van der Waals surface area (Å²) in [6.45, 7) is 11.0. The summed E-state index contributed by atoms with van der Waals surface area (Å²) in [6, 6.07) is 16.1. The van der Waals surface area contributed by atoms with Gasteiger partial charge in [0.1, 0.15) is 17.1 Å². The number of hydrogen-bond donors (Lipinski definition) is 0. The Balaban J connectivity index is 2.57. The summed E-state index contributed by atoms with van der Waals surface area (Å²) in [6.07, 6.45) is 0. The summed E-state index contributed by atoms with van der Waals surface area (Å²) >= 11 is 0. The minimum Gasteiger partial charge on any atom is -0.465 e. The van der Waals surface area contributed by atoms with Crippen LogP contribution in [0.15, 0.2) is 40.8 Å². The van der Waals surface area contributed by atoms with Gasteiger partial charge < -0.3 is 9.15 Å². The highest BCUT2D eigenvalue weighted by molar-refractivity contribution is 6.81. The van der Waals surface area contributed by atoms with E-state index in [9.17, 15) is 4.79 Å². The van der Waals surface area contributed by atoms with Crippen molar-refractivity contribution in [3.63, 3.8) is 0 Å². The SMILES string of the molecule is CCOC(=O)c1cc(C(c2ccccc2)[Si](CC)(CC)CC)oc1C. The first-order chi connectivity index (χ1) is 12.0. The molecule has 0 aliphatic heterocycles. The van der Waals surface area contributed by atoms with Crippen molar-refractivity contribution >= 4 is 14.0 Å². The van der Waals surface area contributed by atoms with Crippen molar-refractivity contribution in [3.8, 4) is 0 Å². The van der Waals surface area contributed by atoms with Crippen LogP contribution < -0.4 is 0 Å². The Labute approximate surface area is 152 Å². The largest absolute Gasteiger partial charge is 0.465 e. The van der Waals surface area contributed by atoms with Gasteiger partial charge in [-0.15, -0.1) is 0 Å². The van der Waals surface area contributed by atoms with Gasteiger partial charge in [0.05, 0.1) is 14.7 Å². The van der Waals surface area contributed by atoms with Crippen LogP contribution in [-0.4, -0.2) is 20.7 Å². The van der Waals surface area contributed by atoms with Crippen LogP contribution in [0.5, 0.6) is 0 Å². The van der Waals surface area contributed by atoms with Crippen LogP contribution in [0.2, 0.25) is 18.1 Å². The van der Waals surface area contributed by atoms with Crippen LogP contribution in [0, 0.1) is 6.92 Å². The number of ether oxygens (including phenoxy) is 1. The van der Waals surface area contributed by atoms with Gasteiger partial charge >= 0.3 is 5.97 Å². The highest BCUT2D eigenvalue weighted by atomic mass is 28.3. The quantitative estimate of drug-likeness (QED) is 0.433. The summed E-state index contributed by atoms with van der Waals surface area (Å²) in [4.78, 5) is 12.2. The summed E-state index contributed by atoms with van der Waals surface area (Å²) in [5.74, 6) is 1.28. The summed E-state index contributed by atoms with van der Waals surface area (Å²) in [5, 5.41) is 0. The van der Waals surface area contributed by atoms with Crippen molar-refractivity contribution < 1.29 is 13.9 Å². The highest BCUT2D eigenvalue weighted by Crippen LogP contribution is 2.42. The van der Waals surface area contributed by atoms with Crippen LogP contribution in [0.4, 0.5) is 0 Å². The van der Waals surface area contributed by atoms with Crippen molar-refractivity contribution in [3.05, 3.63) is 59.0 Å². The molecule has 0 N–H and O–H groups in total. The average molecular weight is 359 g/mol. The molecule has 0 amide bonds. The average Bonchev–Trinajstić information content (AvgIpc) is 3.02. The molecule has 0 spiro atoms. The number of furan rings is 1. The molecule has 1 atom stereocenters. The van der Waals surface area contributed by atoms with Crippen LogP contribution in [0.1, 0.15) is 60.7 Å². The predicted molar refractivity (Wildman–Crippen MR) is 105 cm³/mol. The third kappa shape index (κ3) is 3.89. The van der Waals surface area contributed by atoms with Crippen molar-refractivity contribution in [1.82, 2.24) is 0 Å². The fourth-order valence-electron chi connectivity index (χ4n) is 3.89. The number of benzene rings is 1. The second-order valence-corrected chi connectivity index (χ2v) is 12.0. The van der Waals surface area contributed by atoms with E-state index in [2.05, 4.69) is 45.0 Å². The van der Waals surface area contributed by atoms with E-state index >= 15 is 0 Å². The smallest absolute Gasteiger partial charge is 0.341 e. The molecule has 2 rings (SSSR count). The van der Waals surface area contributed by atoms with E-state index < -0.39 is 8.07 Å². The summed E-state index contributed by atoms with van der Waals surface area (Å²) < 4.78 is 11.3. The van der Waals surface area contributed by atoms with Gasteiger partial charge in [0.25, 0.3) is 0 Å². The highest BCUT2D eigenvalue weighted by Gasteiger charge is 2.40. The Morgan fingerprint density at radius 3 is 2.20 bits per heavy atom. The number of esters is 1. The molecule has 1 unspecified atom stereocenters. The number of hydrogen-bond acceptors (Lipinski definition) is 3. The van der Waals surface area contributed by atoms with Crippen molar-refractivity contribution in [1.29, 1.82) is 0 Å². The summed E-state index contributed by atoms with van der Waals surface area (Å²) in [5.41, 5.74) is 2.11. The van der Waals surface area contributed by atoms with Gasteiger partial charge in [-0.2, -0.15) is 0 Å². The van der Waals surface area contributed by atoms with E-state index in [1.807, 2.05) is 26.0 Å². The van der Waals surface area contributed by atoms with E-state index in [1.54, 1.807) is 0 Å². The fraction of sp³-hybridized carbons (Fsp3) is 0.476. The zero-order valence-electron chi connectivity index (χ0n) is 16.1. The fourth-order valence-corrected chi connectivity index (χ4v) is 8.26. The van der Waals surface area contributed by atoms with Crippen LogP contribution >= 0.6 is 0 Å². The molecule has 3 nitrogen and oxygen atoms in total. The minimum atomic E-state index is -1.64. The third-order valence-electron chi connectivity index (χ3n) is 5.57. The Morgan fingerprint density at radius 1 is 1.08 bits per heavy atom. The maximum Gasteiger partial charge on any atom is 0.341 e. The van der Waals surface area contributed by atoms with Crippen molar-refractivity contribution in [2.24, 2.45) is 0 Å². The molecule has 1 aromatic heterocycles. The molecule has 25 heavy (non-hydrogen) atoms. The van der Waals surface area contributed by atoms with Gasteiger partial charge in [-0.05, 0) is 25.5 Å². The lowest BCUT2D eigenvalue weighted by molar-refractivity contribution is 0.0524. The number of carbonyl (C=O) groups is 1. The lowest BCUT2D eigenvalue weighted by atomic mass is 10.1. The van der Waals surface area contributed by atoms with Crippen LogP contribution in [-0.2, 0) is 4.74 Å². The molecule has 0 radical (unpaired) electrons. The molecule has 136 valence electrons. The van der Waals surface area contributed by atoms with E-state index in [4.69, 9.17) is 9.15 Å². The number of carbonyl (C=O) groups excluding carboxylic acids is 1. The van der Waals surface area contributed by atoms with E-state index in [-0.39, 0.29) is 11.5 Å². The second kappa shape index (κ2) is 8.52. The van der Waals surface area contributed by atoms with Crippen LogP contribution in [0.3, 0.4) is 0 Å². The second-order valence-electron chi connectivity index (χ2n) is 6.61. The van der Waals surface area contributed by atoms with E-state index in [1.165, 1.54) is 23.7 Å². The van der Waals surface area contributed by atoms with Crippen molar-refractivity contribution in [2.75, 3.05) is 6.61 Å². The molecule has 1 heterocycles. The molecule has 2 aromatic rings. The molecule has 4 heteroatoms. The Kier molecular flexibility index (Phi) is 6.65. The molecule has 1 aromatic carbocycles. The number of rotatable bonds is 8. The Hall–Kier alpha value is -1.81. The van der Waals surface area contributed by atoms with Gasteiger partial charge in [-0.1, -0.05) is 69.2 Å². The first-order valence-electron chi connectivity index (χ1n) is 9.35. The lowest BCUT2D eigenvalue weighted by Crippen LogP contribution is -2.40. The molecule has 0 saturated carbocycles. The first kappa shape index (κ1) is 19.5. The third-order valence-corrected chi connectivity index (χ3v) is 11.6. The monoisotopic (exact) mass is 358 g/mol.